The Morgan fingerprint density at radius 2 is 2.12 bits per heavy atom. The summed E-state index contributed by atoms with van der Waals surface area (Å²) in [5.74, 6) is 2.72. The summed E-state index contributed by atoms with van der Waals surface area (Å²) in [7, 11) is 2.07. The zero-order valence-electron chi connectivity index (χ0n) is 14.8. The van der Waals surface area contributed by atoms with E-state index in [0.717, 1.165) is 18.3 Å². The van der Waals surface area contributed by atoms with Gasteiger partial charge >= 0.3 is 0 Å². The van der Waals surface area contributed by atoms with Gasteiger partial charge in [0.15, 0.2) is 0 Å². The van der Waals surface area contributed by atoms with Crippen molar-refractivity contribution in [1.82, 2.24) is 9.88 Å². The van der Waals surface area contributed by atoms with Crippen LogP contribution in [-0.4, -0.2) is 16.5 Å². The Bertz CT molecular complexity index is 747. The maximum absolute atomic E-state index is 12.4. The van der Waals surface area contributed by atoms with Crippen LogP contribution in [0.1, 0.15) is 44.6 Å². The molecule has 4 atom stereocenters. The molecule has 3 nitrogen and oxygen atoms in total. The maximum Gasteiger partial charge on any atom is 0.220 e. The summed E-state index contributed by atoms with van der Waals surface area (Å²) < 4.78 is 2.15. The summed E-state index contributed by atoms with van der Waals surface area (Å²) in [6.07, 6.45) is 9.10. The van der Waals surface area contributed by atoms with E-state index in [1.807, 2.05) is 0 Å². The second-order valence-corrected chi connectivity index (χ2v) is 7.98. The summed E-state index contributed by atoms with van der Waals surface area (Å²) in [4.78, 5) is 12.4. The van der Waals surface area contributed by atoms with E-state index in [1.165, 1.54) is 42.1 Å². The van der Waals surface area contributed by atoms with Crippen LogP contribution in [0.4, 0.5) is 0 Å². The molecule has 2 bridgehead atoms. The van der Waals surface area contributed by atoms with Gasteiger partial charge in [0.1, 0.15) is 0 Å². The summed E-state index contributed by atoms with van der Waals surface area (Å²) >= 11 is 0. The van der Waals surface area contributed by atoms with Gasteiger partial charge in [-0.1, -0.05) is 24.6 Å². The highest BCUT2D eigenvalue weighted by molar-refractivity contribution is 5.85. The summed E-state index contributed by atoms with van der Waals surface area (Å²) in [5.41, 5.74) is 2.51. The fourth-order valence-corrected chi connectivity index (χ4v) is 5.21. The van der Waals surface area contributed by atoms with E-state index in [2.05, 4.69) is 54.3 Å². The van der Waals surface area contributed by atoms with Gasteiger partial charge in [-0.05, 0) is 62.0 Å². The van der Waals surface area contributed by atoms with Crippen LogP contribution in [0.3, 0.4) is 0 Å². The van der Waals surface area contributed by atoms with Crippen molar-refractivity contribution in [2.24, 2.45) is 24.8 Å². The first-order chi connectivity index (χ1) is 11.6. The Labute approximate surface area is 144 Å². The van der Waals surface area contributed by atoms with Crippen LogP contribution in [0.5, 0.6) is 0 Å². The Balaban J connectivity index is 1.34. The molecule has 1 N–H and O–H groups in total. The molecule has 24 heavy (non-hydrogen) atoms. The highest BCUT2D eigenvalue weighted by Crippen LogP contribution is 2.49. The number of rotatable bonds is 5. The van der Waals surface area contributed by atoms with Crippen molar-refractivity contribution in [3.8, 4) is 0 Å². The van der Waals surface area contributed by atoms with E-state index >= 15 is 0 Å². The van der Waals surface area contributed by atoms with Crippen molar-refractivity contribution in [2.75, 3.05) is 0 Å². The van der Waals surface area contributed by atoms with E-state index in [4.69, 9.17) is 0 Å². The monoisotopic (exact) mass is 324 g/mol. The van der Waals surface area contributed by atoms with Gasteiger partial charge in [0.25, 0.3) is 0 Å². The molecule has 1 amide bonds. The smallest absolute Gasteiger partial charge is 0.220 e. The van der Waals surface area contributed by atoms with Crippen LogP contribution in [0, 0.1) is 17.8 Å². The number of aromatic nitrogens is 1. The number of carbonyl (C=O) groups excluding carboxylic acids is 1. The highest BCUT2D eigenvalue weighted by Gasteiger charge is 2.42. The van der Waals surface area contributed by atoms with Crippen molar-refractivity contribution in [3.05, 3.63) is 36.0 Å². The molecule has 1 heterocycles. The molecule has 0 radical (unpaired) electrons. The number of benzene rings is 1. The lowest BCUT2D eigenvalue weighted by Gasteiger charge is -2.28. The van der Waals surface area contributed by atoms with E-state index in [0.29, 0.717) is 18.4 Å². The van der Waals surface area contributed by atoms with Crippen molar-refractivity contribution in [2.45, 2.75) is 51.5 Å². The van der Waals surface area contributed by atoms with Crippen molar-refractivity contribution in [3.63, 3.8) is 0 Å². The van der Waals surface area contributed by atoms with Gasteiger partial charge < -0.3 is 9.88 Å². The lowest BCUT2D eigenvalue weighted by Crippen LogP contribution is -2.40. The maximum atomic E-state index is 12.4. The average molecular weight is 324 g/mol. The molecule has 1 aromatic carbocycles. The topological polar surface area (TPSA) is 34.0 Å². The minimum Gasteiger partial charge on any atom is -0.353 e. The van der Waals surface area contributed by atoms with Gasteiger partial charge in [0.05, 0.1) is 0 Å². The number of nitrogens with zero attached hydrogens (tertiary/aromatic N) is 1. The highest BCUT2D eigenvalue weighted by atomic mass is 16.1. The zero-order chi connectivity index (χ0) is 16.7. The van der Waals surface area contributed by atoms with Gasteiger partial charge in [0, 0.05) is 36.6 Å². The molecule has 2 saturated carbocycles. The third-order valence-electron chi connectivity index (χ3n) is 6.42. The number of nitrogens with one attached hydrogen (secondary N) is 1. The molecule has 4 rings (SSSR count). The second-order valence-electron chi connectivity index (χ2n) is 7.98. The van der Waals surface area contributed by atoms with Gasteiger partial charge in [-0.25, -0.2) is 0 Å². The van der Waals surface area contributed by atoms with Crippen LogP contribution in [0.2, 0.25) is 0 Å². The first-order valence-corrected chi connectivity index (χ1v) is 9.44. The minimum atomic E-state index is 0.207. The Morgan fingerprint density at radius 3 is 2.88 bits per heavy atom. The molecule has 2 aliphatic carbocycles. The molecule has 1 aromatic heterocycles. The Kier molecular flexibility index (Phi) is 4.11. The SMILES string of the molecule is CC(NC(=O)CCc1cn(C)c2ccccc12)C1CC2CCC1C2. The normalized spacial score (nSPS) is 26.8. The number of hydrogen-bond donors (Lipinski definition) is 1. The Morgan fingerprint density at radius 1 is 1.29 bits per heavy atom. The Hall–Kier alpha value is -1.77. The number of carbonyl (C=O) groups is 1. The van der Waals surface area contributed by atoms with Crippen LogP contribution in [0.25, 0.3) is 10.9 Å². The summed E-state index contributed by atoms with van der Waals surface area (Å²) in [5, 5.41) is 4.56. The van der Waals surface area contributed by atoms with Gasteiger partial charge in [-0.2, -0.15) is 0 Å². The molecular formula is C21H28N2O. The standard InChI is InChI=1S/C21H28N2O/c1-14(19-12-15-7-8-16(19)11-15)22-21(24)10-9-17-13-23(2)20-6-4-3-5-18(17)20/h3-6,13-16,19H,7-12H2,1-2H3,(H,22,24). The summed E-state index contributed by atoms with van der Waals surface area (Å²) in [6.45, 7) is 2.21. The van der Waals surface area contributed by atoms with Crippen molar-refractivity contribution in [1.29, 1.82) is 0 Å². The molecule has 128 valence electrons. The van der Waals surface area contributed by atoms with E-state index in [1.54, 1.807) is 0 Å². The molecule has 0 aliphatic heterocycles. The molecule has 0 spiro atoms. The van der Waals surface area contributed by atoms with E-state index < -0.39 is 0 Å². The minimum absolute atomic E-state index is 0.207. The lowest BCUT2D eigenvalue weighted by atomic mass is 9.84. The molecule has 4 unspecified atom stereocenters. The second kappa shape index (κ2) is 6.27. The fraction of sp³-hybridized carbons (Fsp3) is 0.571. The molecule has 2 aliphatic rings. The molecule has 0 saturated heterocycles. The van der Waals surface area contributed by atoms with Gasteiger partial charge in [0.2, 0.25) is 5.91 Å². The molecule has 2 fully saturated rings. The summed E-state index contributed by atoms with van der Waals surface area (Å²) in [6, 6.07) is 8.76. The molecular weight excluding hydrogens is 296 g/mol. The van der Waals surface area contributed by atoms with Crippen LogP contribution >= 0.6 is 0 Å². The number of aryl methyl sites for hydroxylation is 2. The van der Waals surface area contributed by atoms with E-state index in [-0.39, 0.29) is 5.91 Å². The van der Waals surface area contributed by atoms with Crippen LogP contribution in [-0.2, 0) is 18.3 Å². The van der Waals surface area contributed by atoms with Gasteiger partial charge in [-0.15, -0.1) is 0 Å². The average Bonchev–Trinajstić information content (AvgIpc) is 3.28. The van der Waals surface area contributed by atoms with Crippen LogP contribution in [0.15, 0.2) is 30.5 Å². The van der Waals surface area contributed by atoms with Crippen LogP contribution < -0.4 is 5.32 Å². The molecule has 3 heteroatoms. The zero-order valence-corrected chi connectivity index (χ0v) is 14.8. The van der Waals surface area contributed by atoms with Crippen molar-refractivity contribution >= 4 is 16.8 Å². The third-order valence-corrected chi connectivity index (χ3v) is 6.42. The largest absolute Gasteiger partial charge is 0.353 e. The molecule has 2 aromatic rings. The third kappa shape index (κ3) is 2.85. The number of fused-ring (bicyclic) bond motifs is 3. The lowest BCUT2D eigenvalue weighted by molar-refractivity contribution is -0.122. The predicted octanol–water partition coefficient (Wildman–Crippen LogP) is 4.05. The first kappa shape index (κ1) is 15.7. The number of para-hydroxylation sites is 1. The predicted molar refractivity (Wildman–Crippen MR) is 97.8 cm³/mol. The first-order valence-electron chi connectivity index (χ1n) is 9.44. The quantitative estimate of drug-likeness (QED) is 0.884. The van der Waals surface area contributed by atoms with Gasteiger partial charge in [-0.3, -0.25) is 4.79 Å². The number of hydrogen-bond acceptors (Lipinski definition) is 1. The van der Waals surface area contributed by atoms with E-state index in [9.17, 15) is 4.79 Å². The van der Waals surface area contributed by atoms with Crippen molar-refractivity contribution < 1.29 is 4.79 Å². The number of amides is 1. The fourth-order valence-electron chi connectivity index (χ4n) is 5.21.